The highest BCUT2D eigenvalue weighted by Gasteiger charge is 2.34. The van der Waals surface area contributed by atoms with E-state index in [9.17, 15) is 4.79 Å². The minimum absolute atomic E-state index is 0.319. The van der Waals surface area contributed by atoms with Gasteiger partial charge in [-0.15, -0.1) is 0 Å². The van der Waals surface area contributed by atoms with Gasteiger partial charge in [0, 0.05) is 18.3 Å². The number of hydrogen-bond acceptors (Lipinski definition) is 3. The molecule has 3 nitrogen and oxygen atoms in total. The standard InChI is InChI=1S/C8H16O3S/c1-8(2,5-12-4)6(11-3)7(9)10/h6H,5H2,1-4H3,(H,9,10). The number of carboxylic acids is 1. The van der Waals surface area contributed by atoms with E-state index in [1.807, 2.05) is 20.1 Å². The number of carbonyl (C=O) groups is 1. The third-order valence-corrected chi connectivity index (χ3v) is 2.72. The summed E-state index contributed by atoms with van der Waals surface area (Å²) in [6, 6.07) is 0. The summed E-state index contributed by atoms with van der Waals surface area (Å²) >= 11 is 1.63. The summed E-state index contributed by atoms with van der Waals surface area (Å²) in [5.74, 6) is -0.116. The van der Waals surface area contributed by atoms with Gasteiger partial charge in [-0.1, -0.05) is 13.8 Å². The number of methoxy groups -OCH3 is 1. The van der Waals surface area contributed by atoms with Gasteiger partial charge in [0.1, 0.15) is 0 Å². The first-order valence-corrected chi connectivity index (χ1v) is 5.09. The zero-order valence-electron chi connectivity index (χ0n) is 7.96. The summed E-state index contributed by atoms with van der Waals surface area (Å²) in [5, 5.41) is 8.80. The van der Waals surface area contributed by atoms with Crippen molar-refractivity contribution in [3.05, 3.63) is 0 Å². The molecule has 0 saturated carbocycles. The number of ether oxygens (including phenoxy) is 1. The van der Waals surface area contributed by atoms with E-state index >= 15 is 0 Å². The Labute approximate surface area is 77.5 Å². The Kier molecular flexibility index (Phi) is 4.63. The van der Waals surface area contributed by atoms with E-state index in [1.54, 1.807) is 11.8 Å². The Balaban J connectivity index is 4.36. The van der Waals surface area contributed by atoms with Gasteiger partial charge in [0.25, 0.3) is 0 Å². The van der Waals surface area contributed by atoms with Gasteiger partial charge in [0.15, 0.2) is 6.10 Å². The molecule has 0 saturated heterocycles. The summed E-state index contributed by atoms with van der Waals surface area (Å²) in [5.41, 5.74) is -0.319. The normalized spacial score (nSPS) is 14.3. The van der Waals surface area contributed by atoms with Crippen LogP contribution in [0.3, 0.4) is 0 Å². The zero-order chi connectivity index (χ0) is 9.78. The maximum Gasteiger partial charge on any atom is 0.333 e. The number of hydrogen-bond donors (Lipinski definition) is 1. The van der Waals surface area contributed by atoms with Crippen molar-refractivity contribution in [3.8, 4) is 0 Å². The molecule has 0 aromatic rings. The number of rotatable bonds is 5. The predicted molar refractivity (Wildman–Crippen MR) is 50.6 cm³/mol. The van der Waals surface area contributed by atoms with Gasteiger partial charge in [0.2, 0.25) is 0 Å². The van der Waals surface area contributed by atoms with E-state index < -0.39 is 12.1 Å². The van der Waals surface area contributed by atoms with E-state index in [2.05, 4.69) is 0 Å². The quantitative estimate of drug-likeness (QED) is 0.716. The maximum atomic E-state index is 10.7. The monoisotopic (exact) mass is 192 g/mol. The molecule has 0 spiro atoms. The lowest BCUT2D eigenvalue weighted by atomic mass is 9.89. The van der Waals surface area contributed by atoms with Gasteiger partial charge < -0.3 is 9.84 Å². The minimum Gasteiger partial charge on any atom is -0.479 e. The van der Waals surface area contributed by atoms with Crippen molar-refractivity contribution in [1.29, 1.82) is 0 Å². The van der Waals surface area contributed by atoms with Crippen molar-refractivity contribution in [2.45, 2.75) is 20.0 Å². The second kappa shape index (κ2) is 4.72. The molecule has 0 heterocycles. The minimum atomic E-state index is -0.892. The summed E-state index contributed by atoms with van der Waals surface area (Å²) in [7, 11) is 1.43. The topological polar surface area (TPSA) is 46.5 Å². The van der Waals surface area contributed by atoms with Crippen LogP contribution in [0.2, 0.25) is 0 Å². The van der Waals surface area contributed by atoms with Crippen molar-refractivity contribution >= 4 is 17.7 Å². The smallest absolute Gasteiger partial charge is 0.333 e. The van der Waals surface area contributed by atoms with E-state index in [4.69, 9.17) is 9.84 Å². The Morgan fingerprint density at radius 2 is 2.17 bits per heavy atom. The molecule has 0 aliphatic heterocycles. The zero-order valence-corrected chi connectivity index (χ0v) is 8.77. The fourth-order valence-corrected chi connectivity index (χ4v) is 2.10. The molecule has 0 aliphatic rings. The molecule has 12 heavy (non-hydrogen) atoms. The van der Waals surface area contributed by atoms with Gasteiger partial charge in [-0.05, 0) is 6.26 Å². The van der Waals surface area contributed by atoms with Crippen LogP contribution >= 0.6 is 11.8 Å². The van der Waals surface area contributed by atoms with Crippen molar-refractivity contribution in [1.82, 2.24) is 0 Å². The first-order chi connectivity index (χ1) is 5.45. The van der Waals surface area contributed by atoms with Crippen LogP contribution in [-0.2, 0) is 9.53 Å². The van der Waals surface area contributed by atoms with Gasteiger partial charge in [-0.3, -0.25) is 0 Å². The predicted octanol–water partition coefficient (Wildman–Crippen LogP) is 1.48. The molecule has 0 fully saturated rings. The number of carboxylic acid groups (broad SMARTS) is 1. The van der Waals surface area contributed by atoms with Crippen LogP contribution in [-0.4, -0.2) is 36.3 Å². The third kappa shape index (κ3) is 3.03. The Morgan fingerprint density at radius 1 is 1.67 bits per heavy atom. The molecule has 0 aromatic heterocycles. The number of thioether (sulfide) groups is 1. The van der Waals surface area contributed by atoms with Crippen molar-refractivity contribution < 1.29 is 14.6 Å². The second-order valence-corrected chi connectivity index (χ2v) is 4.24. The fourth-order valence-electron chi connectivity index (χ4n) is 1.20. The van der Waals surface area contributed by atoms with Crippen molar-refractivity contribution in [3.63, 3.8) is 0 Å². The van der Waals surface area contributed by atoms with Crippen LogP contribution in [0.4, 0.5) is 0 Å². The molecule has 0 aromatic carbocycles. The van der Waals surface area contributed by atoms with Gasteiger partial charge in [-0.2, -0.15) is 11.8 Å². The van der Waals surface area contributed by atoms with Crippen LogP contribution in [0, 0.1) is 5.41 Å². The Morgan fingerprint density at radius 3 is 2.42 bits per heavy atom. The maximum absolute atomic E-state index is 10.7. The molecule has 0 bridgehead atoms. The third-order valence-electron chi connectivity index (χ3n) is 1.69. The van der Waals surface area contributed by atoms with Crippen molar-refractivity contribution in [2.75, 3.05) is 19.1 Å². The molecular formula is C8H16O3S. The van der Waals surface area contributed by atoms with Crippen LogP contribution in [0.15, 0.2) is 0 Å². The molecule has 0 radical (unpaired) electrons. The summed E-state index contributed by atoms with van der Waals surface area (Å²) < 4.78 is 4.92. The van der Waals surface area contributed by atoms with Crippen LogP contribution in [0.1, 0.15) is 13.8 Å². The molecule has 1 unspecified atom stereocenters. The molecule has 0 rings (SSSR count). The van der Waals surface area contributed by atoms with E-state index in [0.717, 1.165) is 5.75 Å². The first-order valence-electron chi connectivity index (χ1n) is 3.70. The van der Waals surface area contributed by atoms with E-state index in [-0.39, 0.29) is 5.41 Å². The lowest BCUT2D eigenvalue weighted by Gasteiger charge is -2.29. The van der Waals surface area contributed by atoms with Gasteiger partial charge >= 0.3 is 5.97 Å². The second-order valence-electron chi connectivity index (χ2n) is 3.38. The van der Waals surface area contributed by atoms with Crippen LogP contribution in [0.5, 0.6) is 0 Å². The van der Waals surface area contributed by atoms with Crippen LogP contribution < -0.4 is 0 Å². The molecule has 1 atom stereocenters. The Hall–Kier alpha value is -0.220. The molecular weight excluding hydrogens is 176 g/mol. The molecule has 0 aliphatic carbocycles. The van der Waals surface area contributed by atoms with E-state index in [1.165, 1.54) is 7.11 Å². The largest absolute Gasteiger partial charge is 0.479 e. The SMILES string of the molecule is COC(C(=O)O)C(C)(C)CSC. The van der Waals surface area contributed by atoms with Crippen LogP contribution in [0.25, 0.3) is 0 Å². The fraction of sp³-hybridized carbons (Fsp3) is 0.875. The molecule has 0 amide bonds. The average Bonchev–Trinajstić information content (AvgIpc) is 1.86. The molecule has 1 N–H and O–H groups in total. The molecule has 72 valence electrons. The van der Waals surface area contributed by atoms with Gasteiger partial charge in [0.05, 0.1) is 0 Å². The molecule has 4 heteroatoms. The van der Waals surface area contributed by atoms with Crippen molar-refractivity contribution in [2.24, 2.45) is 5.41 Å². The summed E-state index contributed by atoms with van der Waals surface area (Å²) in [6.45, 7) is 3.79. The summed E-state index contributed by atoms with van der Waals surface area (Å²) in [4.78, 5) is 10.7. The highest BCUT2D eigenvalue weighted by atomic mass is 32.2. The van der Waals surface area contributed by atoms with Gasteiger partial charge in [-0.25, -0.2) is 4.79 Å². The van der Waals surface area contributed by atoms with E-state index in [0.29, 0.717) is 0 Å². The summed E-state index contributed by atoms with van der Waals surface area (Å²) in [6.07, 6.45) is 1.24. The lowest BCUT2D eigenvalue weighted by molar-refractivity contribution is -0.154. The highest BCUT2D eigenvalue weighted by molar-refractivity contribution is 7.98. The average molecular weight is 192 g/mol. The lowest BCUT2D eigenvalue weighted by Crippen LogP contribution is -2.39. The number of aliphatic carboxylic acids is 1. The Bertz CT molecular complexity index is 156. The highest BCUT2D eigenvalue weighted by Crippen LogP contribution is 2.26. The first kappa shape index (κ1) is 11.8.